The maximum atomic E-state index is 11.8. The Kier molecular flexibility index (Phi) is 8.43. The van der Waals surface area contributed by atoms with Crippen LogP contribution >= 0.6 is 0 Å². The fourth-order valence-corrected chi connectivity index (χ4v) is 2.93. The molecule has 8 nitrogen and oxygen atoms in total. The molecule has 1 saturated heterocycles. The van der Waals surface area contributed by atoms with Crippen LogP contribution < -0.4 is 10.2 Å². The molecule has 1 aromatic carbocycles. The topological polar surface area (TPSA) is 89.5 Å². The molecule has 1 fully saturated rings. The number of rotatable bonds is 11. The highest BCUT2D eigenvalue weighted by Gasteiger charge is 2.52. The van der Waals surface area contributed by atoms with Crippen LogP contribution in [0.2, 0.25) is 0 Å². The molecule has 0 atom stereocenters. The van der Waals surface area contributed by atoms with Gasteiger partial charge in [0.1, 0.15) is 5.75 Å². The first-order valence-electron chi connectivity index (χ1n) is 9.89. The highest BCUT2D eigenvalue weighted by molar-refractivity contribution is 6.63. The second-order valence-corrected chi connectivity index (χ2v) is 8.05. The standard InChI is InChI=1S/C21H31BO8/c1-20(2)21(3,4)30-22(29-20)17-12-15(7-8-18(24)26-6)11-16(13-23)19(17)28-14-27-10-9-25-5/h11-13H,7-10,14H2,1-6H3. The quantitative estimate of drug-likeness (QED) is 0.176. The molecule has 1 heterocycles. The van der Waals surface area contributed by atoms with E-state index in [9.17, 15) is 9.59 Å². The minimum Gasteiger partial charge on any atom is -0.469 e. The van der Waals surface area contributed by atoms with Gasteiger partial charge in [-0.2, -0.15) is 0 Å². The van der Waals surface area contributed by atoms with Crippen LogP contribution in [-0.4, -0.2) is 64.8 Å². The lowest BCUT2D eigenvalue weighted by molar-refractivity contribution is -0.140. The lowest BCUT2D eigenvalue weighted by atomic mass is 9.76. The summed E-state index contributed by atoms with van der Waals surface area (Å²) in [6, 6.07) is 3.53. The van der Waals surface area contributed by atoms with E-state index in [0.717, 1.165) is 5.56 Å². The summed E-state index contributed by atoms with van der Waals surface area (Å²) in [4.78, 5) is 23.4. The molecule has 0 saturated carbocycles. The van der Waals surface area contributed by atoms with Gasteiger partial charge < -0.3 is 28.3 Å². The van der Waals surface area contributed by atoms with Crippen molar-refractivity contribution in [3.8, 4) is 5.75 Å². The molecule has 1 aliphatic rings. The first kappa shape index (κ1) is 24.3. The van der Waals surface area contributed by atoms with Crippen LogP contribution in [-0.2, 0) is 34.7 Å². The van der Waals surface area contributed by atoms with Gasteiger partial charge in [-0.25, -0.2) is 0 Å². The monoisotopic (exact) mass is 422 g/mol. The number of esters is 1. The van der Waals surface area contributed by atoms with Gasteiger partial charge in [-0.05, 0) is 45.7 Å². The molecule has 1 aromatic rings. The Balaban J connectivity index is 2.35. The summed E-state index contributed by atoms with van der Waals surface area (Å²) in [5, 5.41) is 0. The van der Waals surface area contributed by atoms with E-state index >= 15 is 0 Å². The van der Waals surface area contributed by atoms with Crippen LogP contribution in [0.5, 0.6) is 5.75 Å². The Morgan fingerprint density at radius 1 is 1.10 bits per heavy atom. The average Bonchev–Trinajstić information content (AvgIpc) is 2.92. The molecule has 0 bridgehead atoms. The summed E-state index contributed by atoms with van der Waals surface area (Å²) in [6.07, 6.45) is 1.31. The molecule has 2 rings (SSSR count). The van der Waals surface area contributed by atoms with Gasteiger partial charge in [0, 0.05) is 19.0 Å². The second-order valence-electron chi connectivity index (χ2n) is 8.05. The number of methoxy groups -OCH3 is 2. The predicted molar refractivity (Wildman–Crippen MR) is 111 cm³/mol. The van der Waals surface area contributed by atoms with Crippen LogP contribution in [0.25, 0.3) is 0 Å². The number of ether oxygens (including phenoxy) is 4. The second kappa shape index (κ2) is 10.4. The lowest BCUT2D eigenvalue weighted by Gasteiger charge is -2.32. The zero-order valence-electron chi connectivity index (χ0n) is 18.6. The third-order valence-corrected chi connectivity index (χ3v) is 5.40. The minimum absolute atomic E-state index is 0.0573. The molecule has 0 radical (unpaired) electrons. The van der Waals surface area contributed by atoms with Crippen LogP contribution in [0.15, 0.2) is 12.1 Å². The zero-order chi connectivity index (χ0) is 22.4. The number of carbonyl (C=O) groups is 2. The number of aryl methyl sites for hydroxylation is 1. The van der Waals surface area contributed by atoms with Crippen LogP contribution in [0.1, 0.15) is 50.0 Å². The average molecular weight is 422 g/mol. The van der Waals surface area contributed by atoms with Crippen molar-refractivity contribution in [2.24, 2.45) is 0 Å². The van der Waals surface area contributed by atoms with Crippen molar-refractivity contribution in [2.45, 2.75) is 51.7 Å². The normalized spacial score (nSPS) is 17.1. The molecular formula is C21H31BO8. The summed E-state index contributed by atoms with van der Waals surface area (Å²) >= 11 is 0. The number of hydrogen-bond acceptors (Lipinski definition) is 8. The summed E-state index contributed by atoms with van der Waals surface area (Å²) < 4.78 is 33.2. The Morgan fingerprint density at radius 3 is 2.33 bits per heavy atom. The first-order valence-corrected chi connectivity index (χ1v) is 9.89. The Labute approximate surface area is 178 Å². The van der Waals surface area contributed by atoms with Crippen molar-refractivity contribution in [3.05, 3.63) is 23.3 Å². The fraction of sp³-hybridized carbons (Fsp3) is 0.619. The van der Waals surface area contributed by atoms with Gasteiger partial charge in [-0.15, -0.1) is 0 Å². The van der Waals surface area contributed by atoms with Crippen LogP contribution in [0.4, 0.5) is 0 Å². The number of benzene rings is 1. The van der Waals surface area contributed by atoms with Crippen molar-refractivity contribution in [1.29, 1.82) is 0 Å². The predicted octanol–water partition coefficient (Wildman–Crippen LogP) is 1.90. The van der Waals surface area contributed by atoms with Gasteiger partial charge in [0.05, 0.1) is 37.1 Å². The minimum atomic E-state index is -0.735. The van der Waals surface area contributed by atoms with E-state index in [-0.39, 0.29) is 19.2 Å². The number of hydrogen-bond donors (Lipinski definition) is 0. The molecule has 166 valence electrons. The lowest BCUT2D eigenvalue weighted by Crippen LogP contribution is -2.41. The molecule has 0 amide bonds. The highest BCUT2D eigenvalue weighted by Crippen LogP contribution is 2.37. The number of aldehydes is 1. The van der Waals surface area contributed by atoms with Crippen LogP contribution in [0, 0.1) is 0 Å². The molecule has 0 unspecified atom stereocenters. The first-order chi connectivity index (χ1) is 14.1. The smallest absolute Gasteiger partial charge is 0.469 e. The molecule has 0 aliphatic carbocycles. The summed E-state index contributed by atoms with van der Waals surface area (Å²) in [7, 11) is 2.19. The SMILES string of the molecule is COCCOCOc1c(C=O)cc(CCC(=O)OC)cc1B1OC(C)(C)C(C)(C)O1. The molecule has 0 N–H and O–H groups in total. The van der Waals surface area contributed by atoms with E-state index < -0.39 is 18.3 Å². The molecule has 30 heavy (non-hydrogen) atoms. The molecule has 9 heteroatoms. The van der Waals surface area contributed by atoms with Crippen molar-refractivity contribution in [1.82, 2.24) is 0 Å². The largest absolute Gasteiger partial charge is 0.498 e. The van der Waals surface area contributed by atoms with E-state index in [2.05, 4.69) is 0 Å². The van der Waals surface area contributed by atoms with Crippen molar-refractivity contribution < 1.29 is 37.8 Å². The van der Waals surface area contributed by atoms with Gasteiger partial charge in [0.25, 0.3) is 0 Å². The van der Waals surface area contributed by atoms with Crippen molar-refractivity contribution in [3.63, 3.8) is 0 Å². The Hall–Kier alpha value is -1.94. The van der Waals surface area contributed by atoms with Crippen LogP contribution in [0.3, 0.4) is 0 Å². The Bertz CT molecular complexity index is 731. The third kappa shape index (κ3) is 5.82. The fourth-order valence-electron chi connectivity index (χ4n) is 2.93. The van der Waals surface area contributed by atoms with Crippen molar-refractivity contribution in [2.75, 3.05) is 34.2 Å². The van der Waals surface area contributed by atoms with E-state index in [1.807, 2.05) is 33.8 Å². The molecular weight excluding hydrogens is 391 g/mol. The maximum absolute atomic E-state index is 11.8. The maximum Gasteiger partial charge on any atom is 0.498 e. The van der Waals surface area contributed by atoms with Crippen molar-refractivity contribution >= 4 is 24.8 Å². The van der Waals surface area contributed by atoms with Gasteiger partial charge in [-0.1, -0.05) is 6.07 Å². The summed E-state index contributed by atoms with van der Waals surface area (Å²) in [5.74, 6) is 0.00874. The molecule has 0 spiro atoms. The van der Waals surface area contributed by atoms with Gasteiger partial charge in [0.15, 0.2) is 13.1 Å². The van der Waals surface area contributed by atoms with E-state index in [1.165, 1.54) is 7.11 Å². The summed E-state index contributed by atoms with van der Waals surface area (Å²) in [6.45, 7) is 8.52. The van der Waals surface area contributed by atoms with Gasteiger partial charge >= 0.3 is 13.1 Å². The van der Waals surface area contributed by atoms with Gasteiger partial charge in [0.2, 0.25) is 0 Å². The molecule has 1 aliphatic heterocycles. The number of carbonyl (C=O) groups excluding carboxylic acids is 2. The van der Waals surface area contributed by atoms with E-state index in [4.69, 9.17) is 28.3 Å². The van der Waals surface area contributed by atoms with E-state index in [0.29, 0.717) is 42.7 Å². The third-order valence-electron chi connectivity index (χ3n) is 5.40. The van der Waals surface area contributed by atoms with E-state index in [1.54, 1.807) is 13.2 Å². The highest BCUT2D eigenvalue weighted by atomic mass is 16.7. The Morgan fingerprint density at radius 2 is 1.77 bits per heavy atom. The summed E-state index contributed by atoms with van der Waals surface area (Å²) in [5.41, 5.74) is 0.561. The zero-order valence-corrected chi connectivity index (χ0v) is 18.6. The molecule has 0 aromatic heterocycles. The van der Waals surface area contributed by atoms with Gasteiger partial charge in [-0.3, -0.25) is 9.59 Å².